The normalized spacial score (nSPS) is 17.1. The van der Waals surface area contributed by atoms with Crippen LogP contribution >= 0.6 is 0 Å². The van der Waals surface area contributed by atoms with Gasteiger partial charge in [-0.25, -0.2) is 4.39 Å². The lowest BCUT2D eigenvalue weighted by Crippen LogP contribution is -2.37. The highest BCUT2D eigenvalue weighted by atomic mass is 19.1. The van der Waals surface area contributed by atoms with Crippen LogP contribution in [-0.2, 0) is 7.05 Å². The summed E-state index contributed by atoms with van der Waals surface area (Å²) in [6.07, 6.45) is 4.59. The summed E-state index contributed by atoms with van der Waals surface area (Å²) in [6, 6.07) is 4.40. The summed E-state index contributed by atoms with van der Waals surface area (Å²) in [5, 5.41) is 7.14. The van der Waals surface area contributed by atoms with Crippen molar-refractivity contribution in [3.63, 3.8) is 0 Å². The van der Waals surface area contributed by atoms with Gasteiger partial charge < -0.3 is 15.0 Å². The molecule has 1 saturated heterocycles. The number of carbonyl (C=O) groups excluding carboxylic acids is 1. The number of ether oxygens (including phenoxy) is 1. The zero-order valence-electron chi connectivity index (χ0n) is 13.8. The maximum Gasteiger partial charge on any atom is 0.255 e. The highest BCUT2D eigenvalue weighted by molar-refractivity contribution is 5.97. The Morgan fingerprint density at radius 3 is 3.04 bits per heavy atom. The van der Waals surface area contributed by atoms with Gasteiger partial charge in [0, 0.05) is 32.4 Å². The Morgan fingerprint density at radius 1 is 1.50 bits per heavy atom. The molecule has 1 atom stereocenters. The minimum atomic E-state index is -0.520. The molecule has 2 aromatic rings. The second-order valence-corrected chi connectivity index (χ2v) is 5.83. The molecule has 2 heterocycles. The van der Waals surface area contributed by atoms with Crippen LogP contribution in [-0.4, -0.2) is 41.4 Å². The first-order chi connectivity index (χ1) is 11.6. The van der Waals surface area contributed by atoms with Gasteiger partial charge in [-0.05, 0) is 25.5 Å². The van der Waals surface area contributed by atoms with Crippen LogP contribution in [0.5, 0.6) is 5.75 Å². The first-order valence-corrected chi connectivity index (χ1v) is 8.04. The van der Waals surface area contributed by atoms with Crippen molar-refractivity contribution in [1.29, 1.82) is 0 Å². The fourth-order valence-corrected chi connectivity index (χ4v) is 2.93. The highest BCUT2D eigenvalue weighted by Gasteiger charge is 2.26. The van der Waals surface area contributed by atoms with Crippen molar-refractivity contribution in [3.8, 4) is 5.75 Å². The summed E-state index contributed by atoms with van der Waals surface area (Å²) in [6.45, 7) is 3.62. The lowest BCUT2D eigenvalue weighted by molar-refractivity contribution is 0.0935. The molecule has 1 aromatic carbocycles. The molecule has 0 radical (unpaired) electrons. The summed E-state index contributed by atoms with van der Waals surface area (Å²) < 4.78 is 20.9. The SMILES string of the molecule is CCOc1c(F)cccc1C(=O)N[C@@H]1CCN(c2cnn(C)c2)C1. The number of nitrogens with one attached hydrogen (secondary N) is 1. The Labute approximate surface area is 140 Å². The Hall–Kier alpha value is -2.57. The van der Waals surface area contributed by atoms with Crippen LogP contribution in [0.2, 0.25) is 0 Å². The summed E-state index contributed by atoms with van der Waals surface area (Å²) in [7, 11) is 1.87. The fraction of sp³-hybridized carbons (Fsp3) is 0.412. The van der Waals surface area contributed by atoms with E-state index in [1.54, 1.807) is 17.7 Å². The predicted molar refractivity (Wildman–Crippen MR) is 88.9 cm³/mol. The van der Waals surface area contributed by atoms with E-state index in [1.165, 1.54) is 12.1 Å². The van der Waals surface area contributed by atoms with Crippen molar-refractivity contribution in [2.45, 2.75) is 19.4 Å². The molecule has 1 N–H and O–H groups in total. The maximum absolute atomic E-state index is 13.9. The molecule has 1 fully saturated rings. The molecular weight excluding hydrogens is 311 g/mol. The average molecular weight is 332 g/mol. The van der Waals surface area contributed by atoms with E-state index in [4.69, 9.17) is 4.74 Å². The van der Waals surface area contributed by atoms with Crippen LogP contribution in [0, 0.1) is 5.82 Å². The van der Waals surface area contributed by atoms with E-state index in [0.717, 1.165) is 18.7 Å². The molecule has 0 spiro atoms. The Balaban J connectivity index is 1.67. The Morgan fingerprint density at radius 2 is 2.33 bits per heavy atom. The fourth-order valence-electron chi connectivity index (χ4n) is 2.93. The standard InChI is InChI=1S/C17H21FN4O2/c1-3-24-16-14(5-4-6-15(16)18)17(23)20-12-7-8-22(10-12)13-9-19-21(2)11-13/h4-6,9,11-12H,3,7-8,10H2,1-2H3,(H,20,23)/t12-/m1/s1. The molecule has 3 rings (SSSR count). The Kier molecular flexibility index (Phi) is 4.69. The number of amides is 1. The van der Waals surface area contributed by atoms with Crippen LogP contribution in [0.25, 0.3) is 0 Å². The molecular formula is C17H21FN4O2. The van der Waals surface area contributed by atoms with E-state index in [2.05, 4.69) is 15.3 Å². The van der Waals surface area contributed by atoms with Crippen molar-refractivity contribution >= 4 is 11.6 Å². The number of aryl methyl sites for hydroxylation is 1. The zero-order chi connectivity index (χ0) is 17.1. The van der Waals surface area contributed by atoms with Gasteiger partial charge in [0.15, 0.2) is 11.6 Å². The number of nitrogens with zero attached hydrogens (tertiary/aromatic N) is 3. The quantitative estimate of drug-likeness (QED) is 0.909. The lowest BCUT2D eigenvalue weighted by Gasteiger charge is -2.17. The van der Waals surface area contributed by atoms with Gasteiger partial charge in [-0.2, -0.15) is 5.10 Å². The number of carbonyl (C=O) groups is 1. The molecule has 0 saturated carbocycles. The number of anilines is 1. The molecule has 1 amide bonds. The second-order valence-electron chi connectivity index (χ2n) is 5.83. The second kappa shape index (κ2) is 6.90. The van der Waals surface area contributed by atoms with Gasteiger partial charge in [0.25, 0.3) is 5.91 Å². The molecule has 0 unspecified atom stereocenters. The molecule has 1 aliphatic heterocycles. The van der Waals surface area contributed by atoms with E-state index >= 15 is 0 Å². The zero-order valence-corrected chi connectivity index (χ0v) is 13.8. The van der Waals surface area contributed by atoms with E-state index < -0.39 is 5.82 Å². The smallest absolute Gasteiger partial charge is 0.255 e. The summed E-state index contributed by atoms with van der Waals surface area (Å²) in [5.74, 6) is -0.816. The van der Waals surface area contributed by atoms with E-state index in [9.17, 15) is 9.18 Å². The Bertz CT molecular complexity index is 731. The molecule has 0 aliphatic carbocycles. The van der Waals surface area contributed by atoms with Gasteiger partial charge in [0.05, 0.1) is 24.1 Å². The maximum atomic E-state index is 13.9. The third-order valence-electron chi connectivity index (χ3n) is 4.08. The van der Waals surface area contributed by atoms with Crippen molar-refractivity contribution in [1.82, 2.24) is 15.1 Å². The molecule has 24 heavy (non-hydrogen) atoms. The van der Waals surface area contributed by atoms with Gasteiger partial charge >= 0.3 is 0 Å². The van der Waals surface area contributed by atoms with Crippen molar-refractivity contribution in [3.05, 3.63) is 42.0 Å². The summed E-state index contributed by atoms with van der Waals surface area (Å²) >= 11 is 0. The lowest BCUT2D eigenvalue weighted by atomic mass is 10.1. The third-order valence-corrected chi connectivity index (χ3v) is 4.08. The van der Waals surface area contributed by atoms with Crippen LogP contribution in [0.3, 0.4) is 0 Å². The molecule has 1 aromatic heterocycles. The predicted octanol–water partition coefficient (Wildman–Crippen LogP) is 1.97. The van der Waals surface area contributed by atoms with Gasteiger partial charge in [-0.1, -0.05) is 6.07 Å². The number of para-hydroxylation sites is 1. The molecule has 1 aliphatic rings. The largest absolute Gasteiger partial charge is 0.490 e. The average Bonchev–Trinajstić information content (AvgIpc) is 3.18. The number of rotatable bonds is 5. The van der Waals surface area contributed by atoms with Crippen molar-refractivity contribution in [2.75, 3.05) is 24.6 Å². The molecule has 6 nitrogen and oxygen atoms in total. The van der Waals surface area contributed by atoms with Crippen LogP contribution in [0.1, 0.15) is 23.7 Å². The molecule has 0 bridgehead atoms. The number of benzene rings is 1. The van der Waals surface area contributed by atoms with Crippen LogP contribution in [0.15, 0.2) is 30.6 Å². The minimum Gasteiger partial charge on any atom is -0.490 e. The van der Waals surface area contributed by atoms with Crippen LogP contribution < -0.4 is 15.0 Å². The number of hydrogen-bond donors (Lipinski definition) is 1. The number of aromatic nitrogens is 2. The van der Waals surface area contributed by atoms with Crippen molar-refractivity contribution in [2.24, 2.45) is 7.05 Å². The van der Waals surface area contributed by atoms with E-state index in [0.29, 0.717) is 13.2 Å². The highest BCUT2D eigenvalue weighted by Crippen LogP contribution is 2.24. The first kappa shape index (κ1) is 16.3. The van der Waals surface area contributed by atoms with E-state index in [-0.39, 0.29) is 23.3 Å². The van der Waals surface area contributed by atoms with Crippen molar-refractivity contribution < 1.29 is 13.9 Å². The molecule has 128 valence electrons. The van der Waals surface area contributed by atoms with Crippen LogP contribution in [0.4, 0.5) is 10.1 Å². The topological polar surface area (TPSA) is 59.4 Å². The van der Waals surface area contributed by atoms with Gasteiger partial charge in [-0.15, -0.1) is 0 Å². The number of hydrogen-bond acceptors (Lipinski definition) is 4. The van der Waals surface area contributed by atoms with Gasteiger partial charge in [0.1, 0.15) is 0 Å². The van der Waals surface area contributed by atoms with Gasteiger partial charge in [0.2, 0.25) is 0 Å². The molecule has 7 heteroatoms. The summed E-state index contributed by atoms with van der Waals surface area (Å²) in [4.78, 5) is 14.7. The third kappa shape index (κ3) is 3.34. The number of halogens is 1. The minimum absolute atomic E-state index is 0.00968. The van der Waals surface area contributed by atoms with Gasteiger partial charge in [-0.3, -0.25) is 9.48 Å². The first-order valence-electron chi connectivity index (χ1n) is 8.04. The monoisotopic (exact) mass is 332 g/mol. The summed E-state index contributed by atoms with van der Waals surface area (Å²) in [5.41, 5.74) is 1.27. The van der Waals surface area contributed by atoms with E-state index in [1.807, 2.05) is 19.4 Å².